The smallest absolute Gasteiger partial charge is 0.308 e. The van der Waals surface area contributed by atoms with Crippen LogP contribution in [0, 0.1) is 0 Å². The first-order valence-corrected chi connectivity index (χ1v) is 10.5. The van der Waals surface area contributed by atoms with E-state index in [1.165, 1.54) is 19.2 Å². The molecule has 0 amide bonds. The second-order valence-electron chi connectivity index (χ2n) is 5.57. The Kier molecular flexibility index (Phi) is 5.79. The van der Waals surface area contributed by atoms with Gasteiger partial charge in [-0.2, -0.15) is 0 Å². The predicted octanol–water partition coefficient (Wildman–Crippen LogP) is 2.69. The highest BCUT2D eigenvalue weighted by Gasteiger charge is 2.17. The van der Waals surface area contributed by atoms with Crippen LogP contribution < -0.4 is 9.60 Å². The first-order valence-electron chi connectivity index (χ1n) is 7.78. The van der Waals surface area contributed by atoms with E-state index in [1.54, 1.807) is 16.7 Å². The van der Waals surface area contributed by atoms with E-state index in [0.29, 0.717) is 21.8 Å². The summed E-state index contributed by atoms with van der Waals surface area (Å²) >= 11 is 7.19. The van der Waals surface area contributed by atoms with Gasteiger partial charge in [0.15, 0.2) is 0 Å². The molecule has 0 aliphatic rings. The molecule has 26 heavy (non-hydrogen) atoms. The van der Waals surface area contributed by atoms with E-state index in [2.05, 4.69) is 4.72 Å². The van der Waals surface area contributed by atoms with Crippen molar-refractivity contribution in [1.82, 2.24) is 9.29 Å². The molecule has 0 spiro atoms. The molecule has 138 valence electrons. The zero-order valence-electron chi connectivity index (χ0n) is 13.9. The third-order valence-corrected chi connectivity index (χ3v) is 6.60. The number of halogens is 1. The van der Waals surface area contributed by atoms with Crippen LogP contribution in [0.1, 0.15) is 5.56 Å². The molecule has 3 aromatic rings. The van der Waals surface area contributed by atoms with Crippen LogP contribution in [-0.4, -0.2) is 33.2 Å². The zero-order chi connectivity index (χ0) is 18.7. The number of thiazole rings is 1. The number of fused-ring (bicyclic) bond motifs is 1. The van der Waals surface area contributed by atoms with Gasteiger partial charge in [-0.3, -0.25) is 9.36 Å². The maximum atomic E-state index is 12.4. The highest BCUT2D eigenvalue weighted by atomic mass is 35.5. The van der Waals surface area contributed by atoms with Gasteiger partial charge in [-0.1, -0.05) is 41.1 Å². The quantitative estimate of drug-likeness (QED) is 0.605. The summed E-state index contributed by atoms with van der Waals surface area (Å²) in [6.07, 6.45) is 0. The Morgan fingerprint density at radius 3 is 2.73 bits per heavy atom. The fraction of sp³-hybridized carbons (Fsp3) is 0.235. The van der Waals surface area contributed by atoms with Crippen molar-refractivity contribution in [2.75, 3.05) is 20.3 Å². The van der Waals surface area contributed by atoms with E-state index in [9.17, 15) is 13.2 Å². The minimum atomic E-state index is -3.65. The Morgan fingerprint density at radius 1 is 1.23 bits per heavy atom. The fourth-order valence-electron chi connectivity index (χ4n) is 2.52. The van der Waals surface area contributed by atoms with Crippen molar-refractivity contribution in [1.29, 1.82) is 0 Å². The normalized spacial score (nSPS) is 11.9. The van der Waals surface area contributed by atoms with E-state index in [1.807, 2.05) is 18.2 Å². The molecular formula is C17H17ClN2O4S2. The molecule has 0 fully saturated rings. The van der Waals surface area contributed by atoms with Gasteiger partial charge in [0.05, 0.1) is 28.3 Å². The monoisotopic (exact) mass is 412 g/mol. The second-order valence-corrected chi connectivity index (χ2v) is 8.73. The Balaban J connectivity index is 1.96. The number of nitrogens with one attached hydrogen (secondary N) is 1. The summed E-state index contributed by atoms with van der Waals surface area (Å²) in [4.78, 5) is 12.3. The molecule has 0 radical (unpaired) electrons. The Morgan fingerprint density at radius 2 is 2.00 bits per heavy atom. The first-order chi connectivity index (χ1) is 12.4. The topological polar surface area (TPSA) is 77.4 Å². The standard InChI is InChI=1S/C17H17ClN2O4S2/c1-24-9-8-19-26(22,23)13-6-7-15-16(10-13)25-17(21)20(15)11-12-4-2-3-5-14(12)18/h2-7,10,19H,8-9,11H2,1H3. The van der Waals surface area contributed by atoms with Crippen LogP contribution >= 0.6 is 22.9 Å². The van der Waals surface area contributed by atoms with Gasteiger partial charge in [-0.15, -0.1) is 0 Å². The maximum absolute atomic E-state index is 12.4. The molecule has 1 heterocycles. The number of nitrogens with zero attached hydrogens (tertiary/aromatic N) is 1. The van der Waals surface area contributed by atoms with Crippen LogP contribution in [0.25, 0.3) is 10.2 Å². The molecule has 0 saturated carbocycles. The second kappa shape index (κ2) is 7.89. The van der Waals surface area contributed by atoms with E-state index in [-0.39, 0.29) is 22.9 Å². The maximum Gasteiger partial charge on any atom is 0.308 e. The fourth-order valence-corrected chi connectivity index (χ4v) is 4.76. The number of aromatic nitrogens is 1. The third kappa shape index (κ3) is 3.99. The molecule has 0 saturated heterocycles. The molecule has 0 aliphatic heterocycles. The number of hydrogen-bond acceptors (Lipinski definition) is 5. The van der Waals surface area contributed by atoms with Crippen LogP contribution in [-0.2, 0) is 21.3 Å². The highest BCUT2D eigenvalue weighted by Crippen LogP contribution is 2.24. The molecule has 0 unspecified atom stereocenters. The summed E-state index contributed by atoms with van der Waals surface area (Å²) in [6.45, 7) is 0.792. The van der Waals surface area contributed by atoms with Crippen molar-refractivity contribution in [2.45, 2.75) is 11.4 Å². The van der Waals surface area contributed by atoms with E-state index in [0.717, 1.165) is 16.9 Å². The number of methoxy groups -OCH3 is 1. The molecule has 2 aromatic carbocycles. The summed E-state index contributed by atoms with van der Waals surface area (Å²) in [5.74, 6) is 0. The van der Waals surface area contributed by atoms with Crippen molar-refractivity contribution in [2.24, 2.45) is 0 Å². The van der Waals surface area contributed by atoms with Crippen molar-refractivity contribution < 1.29 is 13.2 Å². The van der Waals surface area contributed by atoms with Gasteiger partial charge in [0.2, 0.25) is 10.0 Å². The summed E-state index contributed by atoms with van der Waals surface area (Å²) < 4.78 is 34.1. The van der Waals surface area contributed by atoms with Gasteiger partial charge in [0.1, 0.15) is 0 Å². The molecular weight excluding hydrogens is 396 g/mol. The van der Waals surface area contributed by atoms with Crippen LogP contribution in [0.2, 0.25) is 5.02 Å². The Labute approximate surface area is 160 Å². The Hall–Kier alpha value is -1.71. The van der Waals surface area contributed by atoms with Gasteiger partial charge < -0.3 is 4.74 Å². The zero-order valence-corrected chi connectivity index (χ0v) is 16.3. The summed E-state index contributed by atoms with van der Waals surface area (Å²) in [5.41, 5.74) is 1.50. The van der Waals surface area contributed by atoms with Gasteiger partial charge in [0.25, 0.3) is 0 Å². The van der Waals surface area contributed by atoms with Gasteiger partial charge in [-0.05, 0) is 29.8 Å². The summed E-state index contributed by atoms with van der Waals surface area (Å²) in [6, 6.07) is 12.0. The van der Waals surface area contributed by atoms with Crippen molar-refractivity contribution >= 4 is 43.2 Å². The molecule has 0 bridgehead atoms. The molecule has 9 heteroatoms. The van der Waals surface area contributed by atoms with E-state index < -0.39 is 10.0 Å². The third-order valence-electron chi connectivity index (χ3n) is 3.83. The molecule has 6 nitrogen and oxygen atoms in total. The lowest BCUT2D eigenvalue weighted by molar-refractivity contribution is 0.204. The number of rotatable bonds is 7. The number of hydrogen-bond donors (Lipinski definition) is 1. The van der Waals surface area contributed by atoms with Gasteiger partial charge in [0, 0.05) is 18.7 Å². The van der Waals surface area contributed by atoms with Gasteiger partial charge >= 0.3 is 4.87 Å². The highest BCUT2D eigenvalue weighted by molar-refractivity contribution is 7.89. The minimum absolute atomic E-state index is 0.118. The van der Waals surface area contributed by atoms with Crippen LogP contribution in [0.3, 0.4) is 0 Å². The number of benzene rings is 2. The van der Waals surface area contributed by atoms with Crippen molar-refractivity contribution in [3.63, 3.8) is 0 Å². The van der Waals surface area contributed by atoms with Crippen LogP contribution in [0.4, 0.5) is 0 Å². The Bertz CT molecular complexity index is 1090. The van der Waals surface area contributed by atoms with Crippen molar-refractivity contribution in [3.8, 4) is 0 Å². The summed E-state index contributed by atoms with van der Waals surface area (Å²) in [7, 11) is -2.15. The van der Waals surface area contributed by atoms with Crippen LogP contribution in [0.5, 0.6) is 0 Å². The first kappa shape index (κ1) is 19.1. The SMILES string of the molecule is COCCNS(=O)(=O)c1ccc2c(c1)sc(=O)n2Cc1ccccc1Cl. The summed E-state index contributed by atoms with van der Waals surface area (Å²) in [5, 5.41) is 0.584. The van der Waals surface area contributed by atoms with E-state index in [4.69, 9.17) is 16.3 Å². The minimum Gasteiger partial charge on any atom is -0.383 e. The molecule has 1 aromatic heterocycles. The lowest BCUT2D eigenvalue weighted by Crippen LogP contribution is -2.27. The molecule has 1 N–H and O–H groups in total. The molecule has 0 aliphatic carbocycles. The predicted molar refractivity (Wildman–Crippen MR) is 104 cm³/mol. The molecule has 0 atom stereocenters. The average molecular weight is 413 g/mol. The number of sulfonamides is 1. The lowest BCUT2D eigenvalue weighted by atomic mass is 10.2. The van der Waals surface area contributed by atoms with Crippen molar-refractivity contribution in [3.05, 3.63) is 62.7 Å². The van der Waals surface area contributed by atoms with E-state index >= 15 is 0 Å². The van der Waals surface area contributed by atoms with Crippen LogP contribution in [0.15, 0.2) is 52.2 Å². The largest absolute Gasteiger partial charge is 0.383 e. The van der Waals surface area contributed by atoms with Gasteiger partial charge in [-0.25, -0.2) is 13.1 Å². The lowest BCUT2D eigenvalue weighted by Gasteiger charge is -2.08. The number of ether oxygens (including phenoxy) is 1. The average Bonchev–Trinajstić information content (AvgIpc) is 2.92. The molecule has 3 rings (SSSR count).